The normalized spacial score (nSPS) is 19.1. The molecule has 2 aromatic carbocycles. The number of nitrogens with zero attached hydrogens (tertiary/aromatic N) is 3. The van der Waals surface area contributed by atoms with Gasteiger partial charge in [0.2, 0.25) is 5.88 Å². The molecule has 0 N–H and O–H groups in total. The van der Waals surface area contributed by atoms with Crippen LogP contribution in [0, 0.1) is 5.82 Å². The molecule has 3 aromatic rings. The van der Waals surface area contributed by atoms with E-state index < -0.39 is 66.2 Å². The molecule has 39 heavy (non-hydrogen) atoms. The van der Waals surface area contributed by atoms with Gasteiger partial charge in [-0.25, -0.2) is 23.7 Å². The van der Waals surface area contributed by atoms with Gasteiger partial charge in [0.25, 0.3) is 0 Å². The molecular formula is C27H22F5N3O4. The van der Waals surface area contributed by atoms with Crippen LogP contribution in [0.3, 0.4) is 0 Å². The summed E-state index contributed by atoms with van der Waals surface area (Å²) in [5.74, 6) is -2.63. The number of aliphatic imine (C=N–C) groups is 1. The van der Waals surface area contributed by atoms with E-state index in [0.717, 1.165) is 12.1 Å². The maximum absolute atomic E-state index is 15.1. The van der Waals surface area contributed by atoms with Crippen molar-refractivity contribution in [2.45, 2.75) is 37.1 Å². The summed E-state index contributed by atoms with van der Waals surface area (Å²) in [5.41, 5.74) is -2.47. The van der Waals surface area contributed by atoms with Crippen molar-refractivity contribution in [2.24, 2.45) is 4.99 Å². The van der Waals surface area contributed by atoms with E-state index in [4.69, 9.17) is 9.47 Å². The van der Waals surface area contributed by atoms with Gasteiger partial charge in [0.15, 0.2) is 23.6 Å². The van der Waals surface area contributed by atoms with Gasteiger partial charge in [-0.05, 0) is 17.7 Å². The number of carbonyl (C=O) groups excluding carboxylic acids is 2. The Balaban J connectivity index is 1.69. The Labute approximate surface area is 219 Å². The average Bonchev–Trinajstić information content (AvgIpc) is 2.93. The first-order valence-corrected chi connectivity index (χ1v) is 11.7. The molecule has 0 fully saturated rings. The first-order valence-electron chi connectivity index (χ1n) is 11.7. The molecule has 2 heterocycles. The maximum atomic E-state index is 15.1. The van der Waals surface area contributed by atoms with Gasteiger partial charge in [-0.15, -0.1) is 0 Å². The van der Waals surface area contributed by atoms with Crippen LogP contribution in [0.1, 0.15) is 44.8 Å². The van der Waals surface area contributed by atoms with Gasteiger partial charge in [0.1, 0.15) is 23.7 Å². The molecule has 7 nitrogen and oxygen atoms in total. The second-order valence-corrected chi connectivity index (χ2v) is 8.85. The molecule has 0 saturated heterocycles. The van der Waals surface area contributed by atoms with Crippen LogP contribution in [-0.4, -0.2) is 53.5 Å². The number of benzene rings is 2. The van der Waals surface area contributed by atoms with E-state index in [1.165, 1.54) is 37.7 Å². The minimum absolute atomic E-state index is 0.0233. The van der Waals surface area contributed by atoms with E-state index in [0.29, 0.717) is 0 Å². The van der Waals surface area contributed by atoms with E-state index in [9.17, 15) is 27.2 Å². The summed E-state index contributed by atoms with van der Waals surface area (Å²) in [6.45, 7) is -1.51. The van der Waals surface area contributed by atoms with Crippen molar-refractivity contribution in [1.82, 2.24) is 9.97 Å². The number of halogens is 5. The van der Waals surface area contributed by atoms with Gasteiger partial charge in [-0.3, -0.25) is 9.59 Å². The second-order valence-electron chi connectivity index (χ2n) is 8.85. The quantitative estimate of drug-likeness (QED) is 0.269. The fourth-order valence-corrected chi connectivity index (χ4v) is 4.16. The fourth-order valence-electron chi connectivity index (χ4n) is 4.16. The molecule has 204 valence electrons. The van der Waals surface area contributed by atoms with Crippen molar-refractivity contribution in [2.75, 3.05) is 13.8 Å². The minimum Gasteiger partial charge on any atom is -0.480 e. The summed E-state index contributed by atoms with van der Waals surface area (Å²) in [5, 5.41) is 0. The predicted octanol–water partition coefficient (Wildman–Crippen LogP) is 5.24. The first-order chi connectivity index (χ1) is 18.5. The molecule has 0 amide bonds. The molecule has 0 aliphatic carbocycles. The van der Waals surface area contributed by atoms with Crippen LogP contribution in [0.25, 0.3) is 0 Å². The Morgan fingerprint density at radius 3 is 2.41 bits per heavy atom. The lowest BCUT2D eigenvalue weighted by molar-refractivity contribution is -0.209. The van der Waals surface area contributed by atoms with Gasteiger partial charge in [-0.1, -0.05) is 36.4 Å². The Morgan fingerprint density at radius 1 is 1.05 bits per heavy atom. The van der Waals surface area contributed by atoms with Crippen LogP contribution in [0.4, 0.5) is 22.0 Å². The van der Waals surface area contributed by atoms with E-state index >= 15 is 4.39 Å². The highest BCUT2D eigenvalue weighted by atomic mass is 19.4. The second kappa shape index (κ2) is 11.3. The summed E-state index contributed by atoms with van der Waals surface area (Å²) < 4.78 is 81.0. The number of hydrogen-bond donors (Lipinski definition) is 0. The van der Waals surface area contributed by atoms with E-state index in [1.807, 2.05) is 0 Å². The summed E-state index contributed by atoms with van der Waals surface area (Å²) in [7, 11) is 1.37. The number of alkyl halides is 4. The monoisotopic (exact) mass is 547 g/mol. The zero-order valence-corrected chi connectivity index (χ0v) is 20.5. The van der Waals surface area contributed by atoms with Gasteiger partial charge < -0.3 is 9.47 Å². The largest absolute Gasteiger partial charge is 0.480 e. The van der Waals surface area contributed by atoms with Crippen molar-refractivity contribution in [3.05, 3.63) is 89.1 Å². The highest BCUT2D eigenvalue weighted by molar-refractivity contribution is 6.07. The Bertz CT molecular complexity index is 1380. The third kappa shape index (κ3) is 6.27. The molecule has 4 rings (SSSR count). The van der Waals surface area contributed by atoms with Crippen LogP contribution >= 0.6 is 0 Å². The molecule has 0 radical (unpaired) electrons. The van der Waals surface area contributed by atoms with Gasteiger partial charge in [-0.2, -0.15) is 13.2 Å². The van der Waals surface area contributed by atoms with Crippen LogP contribution in [0.2, 0.25) is 0 Å². The number of aromatic nitrogens is 2. The van der Waals surface area contributed by atoms with Crippen molar-refractivity contribution < 1.29 is 41.0 Å². The molecule has 2 atom stereocenters. The molecule has 0 unspecified atom stereocenters. The van der Waals surface area contributed by atoms with Crippen LogP contribution in [-0.2, 0) is 16.7 Å². The zero-order valence-electron chi connectivity index (χ0n) is 20.5. The highest BCUT2D eigenvalue weighted by Gasteiger charge is 2.52. The number of ether oxygens (including phenoxy) is 2. The van der Waals surface area contributed by atoms with E-state index in [1.54, 1.807) is 18.2 Å². The van der Waals surface area contributed by atoms with Crippen LogP contribution in [0.15, 0.2) is 65.9 Å². The van der Waals surface area contributed by atoms with Gasteiger partial charge in [0, 0.05) is 24.0 Å². The average molecular weight is 547 g/mol. The van der Waals surface area contributed by atoms with Crippen molar-refractivity contribution in [1.29, 1.82) is 0 Å². The van der Waals surface area contributed by atoms with Crippen molar-refractivity contribution >= 4 is 17.5 Å². The number of carbonyl (C=O) groups is 2. The van der Waals surface area contributed by atoms with Crippen molar-refractivity contribution in [3.8, 4) is 5.88 Å². The lowest BCUT2D eigenvalue weighted by atomic mass is 9.83. The van der Waals surface area contributed by atoms with E-state index in [-0.39, 0.29) is 29.1 Å². The number of hydrogen-bond acceptors (Lipinski definition) is 7. The SMILES string of the molecule is COc1cnc(C(=O)Cc2ccc(F)c([C@]3(CF)C[C@H](C(F)(F)F)OC(CC(=O)c4ccccc4)=N3)c2)cn1. The molecule has 0 saturated carbocycles. The van der Waals surface area contributed by atoms with Gasteiger partial charge >= 0.3 is 6.18 Å². The number of methoxy groups -OCH3 is 1. The third-order valence-corrected chi connectivity index (χ3v) is 6.15. The predicted molar refractivity (Wildman–Crippen MR) is 129 cm³/mol. The summed E-state index contributed by atoms with van der Waals surface area (Å²) >= 11 is 0. The first kappa shape index (κ1) is 27.8. The van der Waals surface area contributed by atoms with Gasteiger partial charge in [0.05, 0.1) is 25.9 Å². The maximum Gasteiger partial charge on any atom is 0.425 e. The number of rotatable bonds is 9. The summed E-state index contributed by atoms with van der Waals surface area (Å²) in [4.78, 5) is 37.2. The molecule has 0 bridgehead atoms. The molecular weight excluding hydrogens is 525 g/mol. The molecule has 0 spiro atoms. The van der Waals surface area contributed by atoms with Crippen LogP contribution in [0.5, 0.6) is 5.88 Å². The minimum atomic E-state index is -4.95. The fraction of sp³-hybridized carbons (Fsp3) is 0.296. The lowest BCUT2D eigenvalue weighted by Gasteiger charge is -2.37. The number of Topliss-reactive ketones (excluding diaryl/α,β-unsaturated/α-hetero) is 2. The standard InChI is InChI=1S/C27H22F5N3O4/c1-38-25-14-33-20(13-34-25)22(37)10-16-7-8-19(29)18(9-16)26(15-28)12-23(27(30,31)32)39-24(35-26)11-21(36)17-5-3-2-4-6-17/h2-9,13-14,23H,10-12,15H2,1H3/t23-,26-/m1/s1. The Hall–Kier alpha value is -4.22. The highest BCUT2D eigenvalue weighted by Crippen LogP contribution is 2.42. The Kier molecular flexibility index (Phi) is 8.03. The smallest absolute Gasteiger partial charge is 0.425 e. The molecule has 1 aliphatic rings. The molecule has 1 aromatic heterocycles. The molecule has 12 heteroatoms. The topological polar surface area (TPSA) is 90.7 Å². The van der Waals surface area contributed by atoms with Crippen molar-refractivity contribution in [3.63, 3.8) is 0 Å². The Morgan fingerprint density at radius 2 is 1.79 bits per heavy atom. The van der Waals surface area contributed by atoms with Crippen LogP contribution < -0.4 is 4.74 Å². The zero-order chi connectivity index (χ0) is 28.2. The lowest BCUT2D eigenvalue weighted by Crippen LogP contribution is -2.46. The third-order valence-electron chi connectivity index (χ3n) is 6.15. The molecule has 1 aliphatic heterocycles. The summed E-state index contributed by atoms with van der Waals surface area (Å²) in [6.07, 6.45) is -7.14. The summed E-state index contributed by atoms with van der Waals surface area (Å²) in [6, 6.07) is 11.0. The number of ketones is 2. The van der Waals surface area contributed by atoms with E-state index in [2.05, 4.69) is 15.0 Å².